The molecule has 1 unspecified atom stereocenters. The molecule has 6 heteroatoms. The van der Waals surface area contributed by atoms with Crippen molar-refractivity contribution in [2.75, 3.05) is 12.3 Å². The van der Waals surface area contributed by atoms with Crippen molar-refractivity contribution in [1.82, 2.24) is 10.2 Å². The van der Waals surface area contributed by atoms with E-state index in [2.05, 4.69) is 5.32 Å². The highest BCUT2D eigenvalue weighted by Crippen LogP contribution is 2.18. The van der Waals surface area contributed by atoms with Crippen LogP contribution in [0.25, 0.3) is 0 Å². The van der Waals surface area contributed by atoms with Crippen LogP contribution in [0, 0.1) is 6.92 Å². The molecule has 0 aliphatic rings. The fraction of sp³-hybridized carbons (Fsp3) is 0.364. The summed E-state index contributed by atoms with van der Waals surface area (Å²) in [5, 5.41) is 3.50. The van der Waals surface area contributed by atoms with Crippen LogP contribution in [0.1, 0.15) is 30.5 Å². The quantitative estimate of drug-likeness (QED) is 0.655. The summed E-state index contributed by atoms with van der Waals surface area (Å²) >= 11 is 7.54. The maximum absolute atomic E-state index is 12.9. The summed E-state index contributed by atoms with van der Waals surface area (Å²) in [6, 6.07) is 15.1. The van der Waals surface area contributed by atoms with Gasteiger partial charge in [0.25, 0.3) is 0 Å². The molecule has 2 rings (SSSR count). The Hall–Kier alpha value is -1.98. The second-order valence-corrected chi connectivity index (χ2v) is 8.13. The molecule has 0 radical (unpaired) electrons. The molecule has 1 N–H and O–H groups in total. The van der Waals surface area contributed by atoms with Gasteiger partial charge in [0.15, 0.2) is 0 Å². The lowest BCUT2D eigenvalue weighted by molar-refractivity contribution is -0.138. The number of carbonyl (C=O) groups is 2. The monoisotopic (exact) mass is 418 g/mol. The molecule has 4 nitrogen and oxygen atoms in total. The Morgan fingerprint density at radius 1 is 1.14 bits per heavy atom. The summed E-state index contributed by atoms with van der Waals surface area (Å²) in [6.45, 7) is 6.62. The fourth-order valence-corrected chi connectivity index (χ4v) is 3.95. The first kappa shape index (κ1) is 22.3. The van der Waals surface area contributed by atoms with E-state index in [1.54, 1.807) is 11.8 Å². The van der Waals surface area contributed by atoms with E-state index in [-0.39, 0.29) is 11.8 Å². The minimum absolute atomic E-state index is 0.0488. The van der Waals surface area contributed by atoms with Gasteiger partial charge in [0.05, 0.1) is 5.75 Å². The van der Waals surface area contributed by atoms with Gasteiger partial charge in [-0.3, -0.25) is 9.59 Å². The molecule has 0 saturated carbocycles. The lowest BCUT2D eigenvalue weighted by atomic mass is 10.1. The van der Waals surface area contributed by atoms with Crippen LogP contribution in [0.2, 0.25) is 5.02 Å². The smallest absolute Gasteiger partial charge is 0.242 e. The van der Waals surface area contributed by atoms with Crippen molar-refractivity contribution in [3.05, 3.63) is 70.2 Å². The van der Waals surface area contributed by atoms with Gasteiger partial charge in [-0.25, -0.2) is 0 Å². The Bertz CT molecular complexity index is 813. The van der Waals surface area contributed by atoms with Crippen LogP contribution >= 0.6 is 23.4 Å². The number of halogens is 1. The predicted molar refractivity (Wildman–Crippen MR) is 117 cm³/mol. The molecule has 1 atom stereocenters. The summed E-state index contributed by atoms with van der Waals surface area (Å²) in [5.74, 6) is 0.818. The third-order valence-electron chi connectivity index (χ3n) is 4.34. The van der Waals surface area contributed by atoms with Crippen LogP contribution in [0.15, 0.2) is 48.5 Å². The normalized spacial score (nSPS) is 11.7. The number of thioether (sulfide) groups is 1. The van der Waals surface area contributed by atoms with E-state index in [1.165, 1.54) is 11.8 Å². The average Bonchev–Trinajstić information content (AvgIpc) is 2.66. The van der Waals surface area contributed by atoms with Crippen LogP contribution in [-0.2, 0) is 21.9 Å². The summed E-state index contributed by atoms with van der Waals surface area (Å²) in [4.78, 5) is 26.9. The fourth-order valence-electron chi connectivity index (χ4n) is 2.88. The van der Waals surface area contributed by atoms with Gasteiger partial charge in [0.2, 0.25) is 11.8 Å². The number of hydrogen-bond donors (Lipinski definition) is 1. The van der Waals surface area contributed by atoms with E-state index >= 15 is 0 Å². The minimum atomic E-state index is -0.528. The van der Waals surface area contributed by atoms with E-state index in [1.807, 2.05) is 62.4 Å². The van der Waals surface area contributed by atoms with Crippen LogP contribution in [0.5, 0.6) is 0 Å². The minimum Gasteiger partial charge on any atom is -0.355 e. The lowest BCUT2D eigenvalue weighted by Crippen LogP contribution is -2.48. The number of nitrogens with zero attached hydrogens (tertiary/aromatic N) is 1. The lowest BCUT2D eigenvalue weighted by Gasteiger charge is -2.28. The van der Waals surface area contributed by atoms with Crippen LogP contribution in [0.3, 0.4) is 0 Å². The number of amides is 2. The van der Waals surface area contributed by atoms with Gasteiger partial charge in [-0.05, 0) is 44.0 Å². The van der Waals surface area contributed by atoms with Crippen molar-refractivity contribution in [3.8, 4) is 0 Å². The highest BCUT2D eigenvalue weighted by molar-refractivity contribution is 7.99. The van der Waals surface area contributed by atoms with Gasteiger partial charge >= 0.3 is 0 Å². The van der Waals surface area contributed by atoms with E-state index in [9.17, 15) is 9.59 Å². The van der Waals surface area contributed by atoms with Crippen LogP contribution < -0.4 is 5.32 Å². The van der Waals surface area contributed by atoms with E-state index in [4.69, 9.17) is 11.6 Å². The Balaban J connectivity index is 2.05. The second kappa shape index (κ2) is 11.1. The van der Waals surface area contributed by atoms with Crippen molar-refractivity contribution >= 4 is 35.2 Å². The standard InChI is InChI=1S/C22H27ClN2O2S/c1-4-24-22(27)17(3)25(13-18-8-5-7-16(2)11-18)21(26)15-28-14-19-9-6-10-20(23)12-19/h5-12,17H,4,13-15H2,1-3H3,(H,24,27). The van der Waals surface area contributed by atoms with Crippen LogP contribution in [-0.4, -0.2) is 35.1 Å². The largest absolute Gasteiger partial charge is 0.355 e. The summed E-state index contributed by atoms with van der Waals surface area (Å²) in [5.41, 5.74) is 3.22. The Labute approximate surface area is 176 Å². The maximum atomic E-state index is 12.9. The zero-order valence-corrected chi connectivity index (χ0v) is 18.1. The predicted octanol–water partition coefficient (Wildman–Crippen LogP) is 4.44. The summed E-state index contributed by atoms with van der Waals surface area (Å²) < 4.78 is 0. The SMILES string of the molecule is CCNC(=O)C(C)N(Cc1cccc(C)c1)C(=O)CSCc1cccc(Cl)c1. The Morgan fingerprint density at radius 3 is 2.54 bits per heavy atom. The van der Waals surface area contributed by atoms with Crippen LogP contribution in [0.4, 0.5) is 0 Å². The zero-order valence-electron chi connectivity index (χ0n) is 16.6. The van der Waals surface area contributed by atoms with Crippen molar-refractivity contribution < 1.29 is 9.59 Å². The number of nitrogens with one attached hydrogen (secondary N) is 1. The molecule has 0 spiro atoms. The zero-order chi connectivity index (χ0) is 20.5. The van der Waals surface area contributed by atoms with E-state index < -0.39 is 6.04 Å². The Kier molecular flexibility index (Phi) is 8.87. The van der Waals surface area contributed by atoms with Crippen molar-refractivity contribution in [3.63, 3.8) is 0 Å². The molecule has 0 aromatic heterocycles. The molecular formula is C22H27ClN2O2S. The average molecular weight is 419 g/mol. The first-order chi connectivity index (χ1) is 13.4. The maximum Gasteiger partial charge on any atom is 0.242 e. The third-order valence-corrected chi connectivity index (χ3v) is 5.56. The number of rotatable bonds is 9. The van der Waals surface area contributed by atoms with Crippen molar-refractivity contribution in [2.45, 2.75) is 39.1 Å². The van der Waals surface area contributed by atoms with Gasteiger partial charge < -0.3 is 10.2 Å². The van der Waals surface area contributed by atoms with Gasteiger partial charge in [-0.1, -0.05) is 53.6 Å². The highest BCUT2D eigenvalue weighted by atomic mass is 35.5. The third kappa shape index (κ3) is 6.88. The van der Waals surface area contributed by atoms with Crippen molar-refractivity contribution in [2.24, 2.45) is 0 Å². The summed E-state index contributed by atoms with van der Waals surface area (Å²) in [7, 11) is 0. The second-order valence-electron chi connectivity index (χ2n) is 6.70. The molecule has 0 aliphatic carbocycles. The summed E-state index contributed by atoms with van der Waals surface area (Å²) in [6.07, 6.45) is 0. The molecule has 0 aliphatic heterocycles. The molecule has 28 heavy (non-hydrogen) atoms. The molecule has 0 saturated heterocycles. The number of aryl methyl sites for hydroxylation is 1. The first-order valence-electron chi connectivity index (χ1n) is 9.35. The molecule has 150 valence electrons. The first-order valence-corrected chi connectivity index (χ1v) is 10.9. The molecule has 2 aromatic rings. The molecular weight excluding hydrogens is 392 g/mol. The number of carbonyl (C=O) groups excluding carboxylic acids is 2. The van der Waals surface area contributed by atoms with Gasteiger partial charge in [-0.2, -0.15) is 0 Å². The molecule has 2 amide bonds. The van der Waals surface area contributed by atoms with Crippen molar-refractivity contribution in [1.29, 1.82) is 0 Å². The van der Waals surface area contributed by atoms with Gasteiger partial charge in [0, 0.05) is 23.9 Å². The molecule has 2 aromatic carbocycles. The molecule has 0 bridgehead atoms. The molecule has 0 heterocycles. The van der Waals surface area contributed by atoms with Gasteiger partial charge in [0.1, 0.15) is 6.04 Å². The highest BCUT2D eigenvalue weighted by Gasteiger charge is 2.25. The van der Waals surface area contributed by atoms with E-state index in [0.717, 1.165) is 16.7 Å². The topological polar surface area (TPSA) is 49.4 Å². The van der Waals surface area contributed by atoms with Gasteiger partial charge in [-0.15, -0.1) is 11.8 Å². The molecule has 0 fully saturated rings. The Morgan fingerprint density at radius 2 is 1.86 bits per heavy atom. The number of likely N-dealkylation sites (N-methyl/N-ethyl adjacent to an activating group) is 1. The number of benzene rings is 2. The van der Waals surface area contributed by atoms with E-state index in [0.29, 0.717) is 29.6 Å². The number of hydrogen-bond acceptors (Lipinski definition) is 3.